The standard InChI is InChI=1S/C14H14FN3O2/c15-10-1-2-11-8(5-17-12(11)4-10)3-13(19)18-6-9(7-18)14(16)20/h1-2,4-5,9,17H,3,6-7H2,(H2,16,20). The van der Waals surface area contributed by atoms with E-state index >= 15 is 0 Å². The summed E-state index contributed by atoms with van der Waals surface area (Å²) >= 11 is 0. The Balaban J connectivity index is 1.71. The topological polar surface area (TPSA) is 79.2 Å². The first-order valence-electron chi connectivity index (χ1n) is 6.37. The van der Waals surface area contributed by atoms with Gasteiger partial charge in [0.05, 0.1) is 12.3 Å². The fraction of sp³-hybridized carbons (Fsp3) is 0.286. The van der Waals surface area contributed by atoms with E-state index in [9.17, 15) is 14.0 Å². The molecule has 1 saturated heterocycles. The van der Waals surface area contributed by atoms with Crippen LogP contribution in [0.25, 0.3) is 10.9 Å². The molecule has 0 spiro atoms. The monoisotopic (exact) mass is 275 g/mol. The van der Waals surface area contributed by atoms with Crippen LogP contribution in [0.1, 0.15) is 5.56 Å². The number of hydrogen-bond acceptors (Lipinski definition) is 2. The number of aromatic nitrogens is 1. The van der Waals surface area contributed by atoms with E-state index in [-0.39, 0.29) is 30.0 Å². The van der Waals surface area contributed by atoms with Gasteiger partial charge >= 0.3 is 0 Å². The summed E-state index contributed by atoms with van der Waals surface area (Å²) in [5.41, 5.74) is 6.67. The Morgan fingerprint density at radius 3 is 2.85 bits per heavy atom. The second-order valence-corrected chi connectivity index (χ2v) is 5.08. The maximum absolute atomic E-state index is 13.1. The summed E-state index contributed by atoms with van der Waals surface area (Å²) in [7, 11) is 0. The van der Waals surface area contributed by atoms with Crippen LogP contribution >= 0.6 is 0 Å². The number of H-pyrrole nitrogens is 1. The van der Waals surface area contributed by atoms with E-state index in [4.69, 9.17) is 5.73 Å². The zero-order valence-corrected chi connectivity index (χ0v) is 10.7. The third-order valence-corrected chi connectivity index (χ3v) is 3.71. The molecular weight excluding hydrogens is 261 g/mol. The predicted molar refractivity (Wildman–Crippen MR) is 71.2 cm³/mol. The minimum atomic E-state index is -0.364. The van der Waals surface area contributed by atoms with Crippen molar-refractivity contribution >= 4 is 22.7 Å². The molecule has 104 valence electrons. The molecule has 1 fully saturated rings. The van der Waals surface area contributed by atoms with E-state index in [1.807, 2.05) is 0 Å². The Morgan fingerprint density at radius 1 is 1.40 bits per heavy atom. The molecule has 5 nitrogen and oxygen atoms in total. The average molecular weight is 275 g/mol. The van der Waals surface area contributed by atoms with E-state index in [1.165, 1.54) is 12.1 Å². The molecule has 2 aromatic rings. The summed E-state index contributed by atoms with van der Waals surface area (Å²) in [5, 5.41) is 0.840. The molecule has 2 amide bonds. The van der Waals surface area contributed by atoms with E-state index in [0.29, 0.717) is 18.6 Å². The molecule has 1 aromatic carbocycles. The van der Waals surface area contributed by atoms with Gasteiger partial charge in [-0.3, -0.25) is 9.59 Å². The van der Waals surface area contributed by atoms with Gasteiger partial charge in [-0.2, -0.15) is 0 Å². The van der Waals surface area contributed by atoms with Crippen LogP contribution in [0, 0.1) is 11.7 Å². The summed E-state index contributed by atoms with van der Waals surface area (Å²) in [6, 6.07) is 4.43. The quantitative estimate of drug-likeness (QED) is 0.868. The molecule has 0 bridgehead atoms. The molecule has 3 rings (SSSR count). The first-order valence-corrected chi connectivity index (χ1v) is 6.37. The number of aromatic amines is 1. The maximum Gasteiger partial charge on any atom is 0.227 e. The normalized spacial score (nSPS) is 15.3. The van der Waals surface area contributed by atoms with Gasteiger partial charge in [0, 0.05) is 30.2 Å². The van der Waals surface area contributed by atoms with Crippen molar-refractivity contribution in [2.24, 2.45) is 11.7 Å². The van der Waals surface area contributed by atoms with Crippen LogP contribution in [-0.4, -0.2) is 34.8 Å². The van der Waals surface area contributed by atoms with Crippen LogP contribution in [-0.2, 0) is 16.0 Å². The molecule has 0 saturated carbocycles. The van der Waals surface area contributed by atoms with Crippen LogP contribution in [0.4, 0.5) is 4.39 Å². The third-order valence-electron chi connectivity index (χ3n) is 3.71. The lowest BCUT2D eigenvalue weighted by Crippen LogP contribution is -2.55. The second-order valence-electron chi connectivity index (χ2n) is 5.08. The van der Waals surface area contributed by atoms with Gasteiger partial charge < -0.3 is 15.6 Å². The lowest BCUT2D eigenvalue weighted by molar-refractivity contribution is -0.141. The highest BCUT2D eigenvalue weighted by Gasteiger charge is 2.34. The van der Waals surface area contributed by atoms with Crippen molar-refractivity contribution in [1.82, 2.24) is 9.88 Å². The highest BCUT2D eigenvalue weighted by atomic mass is 19.1. The smallest absolute Gasteiger partial charge is 0.227 e. The van der Waals surface area contributed by atoms with Crippen LogP contribution < -0.4 is 5.73 Å². The third kappa shape index (κ3) is 2.13. The molecule has 0 radical (unpaired) electrons. The van der Waals surface area contributed by atoms with Crippen molar-refractivity contribution in [2.75, 3.05) is 13.1 Å². The molecular formula is C14H14FN3O2. The second kappa shape index (κ2) is 4.63. The molecule has 2 heterocycles. The van der Waals surface area contributed by atoms with E-state index < -0.39 is 0 Å². The van der Waals surface area contributed by atoms with Crippen LogP contribution in [0.15, 0.2) is 24.4 Å². The number of amides is 2. The number of halogens is 1. The molecule has 0 aliphatic carbocycles. The van der Waals surface area contributed by atoms with Crippen molar-refractivity contribution in [3.05, 3.63) is 35.8 Å². The van der Waals surface area contributed by atoms with Gasteiger partial charge in [0.1, 0.15) is 5.82 Å². The summed E-state index contributed by atoms with van der Waals surface area (Å²) in [6.07, 6.45) is 1.95. The Hall–Kier alpha value is -2.37. The van der Waals surface area contributed by atoms with Crippen molar-refractivity contribution in [2.45, 2.75) is 6.42 Å². The van der Waals surface area contributed by atoms with E-state index in [0.717, 1.165) is 10.9 Å². The van der Waals surface area contributed by atoms with E-state index in [1.54, 1.807) is 17.2 Å². The Bertz CT molecular complexity index is 689. The molecule has 1 aliphatic rings. The van der Waals surface area contributed by atoms with Crippen molar-refractivity contribution in [1.29, 1.82) is 0 Å². The van der Waals surface area contributed by atoms with Crippen molar-refractivity contribution in [3.63, 3.8) is 0 Å². The molecule has 20 heavy (non-hydrogen) atoms. The Labute approximate surface area is 114 Å². The maximum atomic E-state index is 13.1. The summed E-state index contributed by atoms with van der Waals surface area (Å²) < 4.78 is 13.1. The number of nitrogens with two attached hydrogens (primary N) is 1. The zero-order valence-electron chi connectivity index (χ0n) is 10.7. The summed E-state index contributed by atoms with van der Waals surface area (Å²) in [5.74, 6) is -0.954. The van der Waals surface area contributed by atoms with Gasteiger partial charge in [-0.15, -0.1) is 0 Å². The number of nitrogens with one attached hydrogen (secondary N) is 1. The lowest BCUT2D eigenvalue weighted by atomic mass is 9.98. The minimum Gasteiger partial charge on any atom is -0.369 e. The number of carbonyl (C=O) groups excluding carboxylic acids is 2. The van der Waals surface area contributed by atoms with Gasteiger partial charge in [0.2, 0.25) is 11.8 Å². The molecule has 1 aromatic heterocycles. The Morgan fingerprint density at radius 2 is 2.15 bits per heavy atom. The number of fused-ring (bicyclic) bond motifs is 1. The SMILES string of the molecule is NC(=O)C1CN(C(=O)Cc2c[nH]c3cc(F)ccc23)C1. The van der Waals surface area contributed by atoms with Gasteiger partial charge in [-0.25, -0.2) is 4.39 Å². The first-order chi connectivity index (χ1) is 9.54. The van der Waals surface area contributed by atoms with E-state index in [2.05, 4.69) is 4.98 Å². The minimum absolute atomic E-state index is 0.0484. The van der Waals surface area contributed by atoms with Crippen molar-refractivity contribution in [3.8, 4) is 0 Å². The van der Waals surface area contributed by atoms with Crippen LogP contribution in [0.3, 0.4) is 0 Å². The molecule has 0 atom stereocenters. The first kappa shape index (κ1) is 12.7. The summed E-state index contributed by atoms with van der Waals surface area (Å²) in [4.78, 5) is 27.5. The van der Waals surface area contributed by atoms with Crippen LogP contribution in [0.5, 0.6) is 0 Å². The fourth-order valence-electron chi connectivity index (χ4n) is 2.44. The van der Waals surface area contributed by atoms with Gasteiger partial charge in [-0.05, 0) is 23.8 Å². The highest BCUT2D eigenvalue weighted by Crippen LogP contribution is 2.22. The van der Waals surface area contributed by atoms with Crippen LogP contribution in [0.2, 0.25) is 0 Å². The van der Waals surface area contributed by atoms with Gasteiger partial charge in [0.25, 0.3) is 0 Å². The fourth-order valence-corrected chi connectivity index (χ4v) is 2.44. The summed E-state index contributed by atoms with van der Waals surface area (Å²) in [6.45, 7) is 0.788. The highest BCUT2D eigenvalue weighted by molar-refractivity contribution is 5.90. The zero-order chi connectivity index (χ0) is 14.3. The number of likely N-dealkylation sites (tertiary alicyclic amines) is 1. The molecule has 1 aliphatic heterocycles. The number of hydrogen-bond donors (Lipinski definition) is 2. The largest absolute Gasteiger partial charge is 0.369 e. The van der Waals surface area contributed by atoms with Crippen molar-refractivity contribution < 1.29 is 14.0 Å². The molecule has 6 heteroatoms. The number of carbonyl (C=O) groups is 2. The lowest BCUT2D eigenvalue weighted by Gasteiger charge is -2.37. The number of benzene rings is 1. The number of nitrogens with zero attached hydrogens (tertiary/aromatic N) is 1. The van der Waals surface area contributed by atoms with Gasteiger partial charge in [-0.1, -0.05) is 0 Å². The molecule has 3 N–H and O–H groups in total. The number of primary amides is 1. The average Bonchev–Trinajstić information content (AvgIpc) is 2.69. The number of rotatable bonds is 3. The molecule has 0 unspecified atom stereocenters. The van der Waals surface area contributed by atoms with Gasteiger partial charge in [0.15, 0.2) is 0 Å². The predicted octanol–water partition coefficient (Wildman–Crippen LogP) is 0.793. The Kier molecular flexibility index (Phi) is 2.93.